The Kier molecular flexibility index (Phi) is 5.39. The van der Waals surface area contributed by atoms with Crippen LogP contribution in [0.15, 0.2) is 18.2 Å². The highest BCUT2D eigenvalue weighted by Crippen LogP contribution is 2.23. The summed E-state index contributed by atoms with van der Waals surface area (Å²) in [5.41, 5.74) is 0.0380. The topological polar surface area (TPSA) is 78.4 Å². The molecule has 0 saturated heterocycles. The minimum atomic E-state index is -1.25. The van der Waals surface area contributed by atoms with E-state index in [9.17, 15) is 14.7 Å². The first-order chi connectivity index (χ1) is 9.36. The van der Waals surface area contributed by atoms with E-state index in [2.05, 4.69) is 10.6 Å². The number of carbonyl (C=O) groups excluding carboxylic acids is 1. The Morgan fingerprint density at radius 1 is 1.30 bits per heavy atom. The Morgan fingerprint density at radius 2 is 1.90 bits per heavy atom. The molecule has 1 aromatic rings. The zero-order chi connectivity index (χ0) is 15.3. The maximum atomic E-state index is 12.0. The van der Waals surface area contributed by atoms with Gasteiger partial charge in [0.15, 0.2) is 0 Å². The summed E-state index contributed by atoms with van der Waals surface area (Å²) in [5, 5.41) is 15.0. The van der Waals surface area contributed by atoms with Crippen LogP contribution in [0.4, 0.5) is 10.5 Å². The molecule has 3 N–H and O–H groups in total. The van der Waals surface area contributed by atoms with E-state index >= 15 is 0 Å². The van der Waals surface area contributed by atoms with Crippen molar-refractivity contribution in [3.63, 3.8) is 0 Å². The highest BCUT2D eigenvalue weighted by Gasteiger charge is 2.36. The number of carboxylic acid groups (broad SMARTS) is 1. The molecule has 0 aliphatic carbocycles. The van der Waals surface area contributed by atoms with Crippen molar-refractivity contribution in [2.24, 2.45) is 0 Å². The Bertz CT molecular complexity index is 513. The van der Waals surface area contributed by atoms with Crippen molar-refractivity contribution >= 4 is 29.3 Å². The molecule has 6 heteroatoms. The maximum Gasteiger partial charge on any atom is 0.329 e. The number of urea groups is 1. The van der Waals surface area contributed by atoms with Gasteiger partial charge in [-0.3, -0.25) is 0 Å². The van der Waals surface area contributed by atoms with Gasteiger partial charge in [0.2, 0.25) is 0 Å². The molecule has 0 aliphatic heterocycles. The minimum Gasteiger partial charge on any atom is -0.480 e. The van der Waals surface area contributed by atoms with Crippen molar-refractivity contribution in [1.29, 1.82) is 0 Å². The monoisotopic (exact) mass is 298 g/mol. The first-order valence-electron chi connectivity index (χ1n) is 6.44. The van der Waals surface area contributed by atoms with Crippen LogP contribution in [-0.4, -0.2) is 22.6 Å². The zero-order valence-electron chi connectivity index (χ0n) is 11.8. The van der Waals surface area contributed by atoms with Gasteiger partial charge in [-0.15, -0.1) is 0 Å². The average Bonchev–Trinajstić information content (AvgIpc) is 2.41. The standard InChI is InChI=1S/C14H19ClN2O3/c1-4-14(5-2,12(18)19)17-13(20)16-11-8-6-7-10(15)9(11)3/h6-8H,4-5H2,1-3H3,(H,18,19)(H2,16,17,20). The molecule has 0 spiro atoms. The molecule has 0 unspecified atom stereocenters. The maximum absolute atomic E-state index is 12.0. The lowest BCUT2D eigenvalue weighted by atomic mass is 9.93. The van der Waals surface area contributed by atoms with Crippen LogP contribution in [0.3, 0.4) is 0 Å². The molecule has 5 nitrogen and oxygen atoms in total. The number of halogens is 1. The van der Waals surface area contributed by atoms with Crippen LogP contribution in [0.1, 0.15) is 32.3 Å². The quantitative estimate of drug-likeness (QED) is 0.779. The van der Waals surface area contributed by atoms with E-state index < -0.39 is 17.5 Å². The summed E-state index contributed by atoms with van der Waals surface area (Å²) in [4.78, 5) is 23.3. The second-order valence-corrected chi connectivity index (χ2v) is 4.99. The second-order valence-electron chi connectivity index (χ2n) is 4.59. The lowest BCUT2D eigenvalue weighted by Gasteiger charge is -2.28. The van der Waals surface area contributed by atoms with Crippen molar-refractivity contribution in [1.82, 2.24) is 5.32 Å². The van der Waals surface area contributed by atoms with Crippen LogP contribution in [0.5, 0.6) is 0 Å². The fourth-order valence-corrected chi connectivity index (χ4v) is 2.07. The van der Waals surface area contributed by atoms with Crippen molar-refractivity contribution in [2.75, 3.05) is 5.32 Å². The molecule has 2 amide bonds. The smallest absolute Gasteiger partial charge is 0.329 e. The van der Waals surface area contributed by atoms with E-state index in [1.807, 2.05) is 0 Å². The number of anilines is 1. The molecule has 0 atom stereocenters. The largest absolute Gasteiger partial charge is 0.480 e. The summed E-state index contributed by atoms with van der Waals surface area (Å²) in [6.07, 6.45) is 0.613. The molecule has 110 valence electrons. The third-order valence-electron chi connectivity index (χ3n) is 3.49. The molecular formula is C14H19ClN2O3. The number of aliphatic carboxylic acids is 1. The van der Waals surface area contributed by atoms with Crippen LogP contribution in [0.2, 0.25) is 5.02 Å². The van der Waals surface area contributed by atoms with Crippen molar-refractivity contribution < 1.29 is 14.7 Å². The van der Waals surface area contributed by atoms with Gasteiger partial charge in [0.1, 0.15) is 5.54 Å². The third kappa shape index (κ3) is 3.42. The van der Waals surface area contributed by atoms with Gasteiger partial charge in [-0.05, 0) is 37.5 Å². The number of carboxylic acids is 1. The SMILES string of the molecule is CCC(CC)(NC(=O)Nc1cccc(Cl)c1C)C(=O)O. The zero-order valence-corrected chi connectivity index (χ0v) is 12.5. The summed E-state index contributed by atoms with van der Waals surface area (Å²) in [6.45, 7) is 5.23. The van der Waals surface area contributed by atoms with Gasteiger partial charge in [0.05, 0.1) is 0 Å². The van der Waals surface area contributed by atoms with Crippen LogP contribution < -0.4 is 10.6 Å². The average molecular weight is 299 g/mol. The summed E-state index contributed by atoms with van der Waals surface area (Å²) in [5.74, 6) is -1.04. The molecule has 0 heterocycles. The Balaban J connectivity index is 2.86. The first-order valence-corrected chi connectivity index (χ1v) is 6.81. The Hall–Kier alpha value is -1.75. The lowest BCUT2D eigenvalue weighted by Crippen LogP contribution is -2.55. The molecule has 0 aromatic heterocycles. The summed E-state index contributed by atoms with van der Waals surface area (Å²) < 4.78 is 0. The number of nitrogens with one attached hydrogen (secondary N) is 2. The molecule has 1 rings (SSSR count). The van der Waals surface area contributed by atoms with Crippen molar-refractivity contribution in [3.8, 4) is 0 Å². The predicted octanol–water partition coefficient (Wildman–Crippen LogP) is 3.41. The number of hydrogen-bond acceptors (Lipinski definition) is 2. The first kappa shape index (κ1) is 16.3. The normalized spacial score (nSPS) is 11.0. The highest BCUT2D eigenvalue weighted by molar-refractivity contribution is 6.31. The van der Waals surface area contributed by atoms with Crippen LogP contribution in [0, 0.1) is 6.92 Å². The Labute approximate surface area is 123 Å². The van der Waals surface area contributed by atoms with E-state index in [4.69, 9.17) is 11.6 Å². The molecule has 20 heavy (non-hydrogen) atoms. The van der Waals surface area contributed by atoms with E-state index in [-0.39, 0.29) is 0 Å². The van der Waals surface area contributed by atoms with Gasteiger partial charge in [0, 0.05) is 10.7 Å². The highest BCUT2D eigenvalue weighted by atomic mass is 35.5. The van der Waals surface area contributed by atoms with Gasteiger partial charge >= 0.3 is 12.0 Å². The Morgan fingerprint density at radius 3 is 2.40 bits per heavy atom. The lowest BCUT2D eigenvalue weighted by molar-refractivity contribution is -0.144. The van der Waals surface area contributed by atoms with Gasteiger partial charge in [0.25, 0.3) is 0 Å². The number of amides is 2. The number of benzene rings is 1. The summed E-state index contributed by atoms with van der Waals surface area (Å²) in [7, 11) is 0. The molecule has 0 radical (unpaired) electrons. The molecule has 0 bridgehead atoms. The fraction of sp³-hybridized carbons (Fsp3) is 0.429. The number of rotatable bonds is 5. The summed E-state index contributed by atoms with van der Waals surface area (Å²) >= 11 is 5.97. The summed E-state index contributed by atoms with van der Waals surface area (Å²) in [6, 6.07) is 4.59. The molecular weight excluding hydrogens is 280 g/mol. The molecule has 1 aromatic carbocycles. The predicted molar refractivity (Wildman–Crippen MR) is 79.3 cm³/mol. The molecule has 0 saturated carbocycles. The van der Waals surface area contributed by atoms with Gasteiger partial charge in [-0.2, -0.15) is 0 Å². The van der Waals surface area contributed by atoms with E-state index in [1.54, 1.807) is 39.0 Å². The third-order valence-corrected chi connectivity index (χ3v) is 3.89. The molecule has 0 aliphatic rings. The van der Waals surface area contributed by atoms with Crippen LogP contribution >= 0.6 is 11.6 Å². The second kappa shape index (κ2) is 6.61. The van der Waals surface area contributed by atoms with E-state index in [0.29, 0.717) is 23.6 Å². The number of hydrogen-bond donors (Lipinski definition) is 3. The number of carbonyl (C=O) groups is 2. The van der Waals surface area contributed by atoms with Gasteiger partial charge in [-0.25, -0.2) is 9.59 Å². The van der Waals surface area contributed by atoms with E-state index in [1.165, 1.54) is 0 Å². The van der Waals surface area contributed by atoms with Gasteiger partial charge in [-0.1, -0.05) is 31.5 Å². The molecule has 0 fully saturated rings. The minimum absolute atomic E-state index is 0.306. The fourth-order valence-electron chi connectivity index (χ4n) is 1.90. The van der Waals surface area contributed by atoms with Crippen molar-refractivity contribution in [3.05, 3.63) is 28.8 Å². The van der Waals surface area contributed by atoms with Crippen LogP contribution in [0.25, 0.3) is 0 Å². The van der Waals surface area contributed by atoms with Crippen LogP contribution in [-0.2, 0) is 4.79 Å². The van der Waals surface area contributed by atoms with E-state index in [0.717, 1.165) is 5.56 Å². The van der Waals surface area contributed by atoms with Gasteiger partial charge < -0.3 is 15.7 Å². The van der Waals surface area contributed by atoms with Crippen molar-refractivity contribution in [2.45, 2.75) is 39.2 Å².